The molecule has 0 fully saturated rings. The van der Waals surface area contributed by atoms with Gasteiger partial charge >= 0.3 is 5.97 Å². The first-order chi connectivity index (χ1) is 7.54. The quantitative estimate of drug-likeness (QED) is 0.757. The van der Waals surface area contributed by atoms with E-state index in [2.05, 4.69) is 9.72 Å². The number of carbonyl (C=O) groups excluding carboxylic acids is 1. The van der Waals surface area contributed by atoms with E-state index in [1.807, 2.05) is 0 Å². The van der Waals surface area contributed by atoms with Crippen molar-refractivity contribution in [2.75, 3.05) is 6.61 Å². The fourth-order valence-electron chi connectivity index (χ4n) is 0.976. The molecule has 0 spiro atoms. The number of carbonyl (C=O) groups is 1. The van der Waals surface area contributed by atoms with Crippen LogP contribution in [0, 0.1) is 0 Å². The van der Waals surface area contributed by atoms with E-state index in [9.17, 15) is 18.0 Å². The largest absolute Gasteiger partial charge is 0.461 e. The Labute approximate surface area is 94.3 Å². The van der Waals surface area contributed by atoms with Crippen molar-refractivity contribution < 1.29 is 22.7 Å². The second-order valence-electron chi connectivity index (χ2n) is 2.92. The van der Waals surface area contributed by atoms with Gasteiger partial charge in [-0.2, -0.15) is 0 Å². The SMILES string of the molecule is CCOC(=O)c1nc(CC(F)C(F)F)cs1. The molecule has 0 aliphatic rings. The number of aromatic nitrogens is 1. The fourth-order valence-corrected chi connectivity index (χ4v) is 1.70. The molecule has 7 heteroatoms. The highest BCUT2D eigenvalue weighted by Gasteiger charge is 2.22. The molecule has 1 atom stereocenters. The molecule has 0 radical (unpaired) electrons. The van der Waals surface area contributed by atoms with E-state index in [1.165, 1.54) is 5.38 Å². The van der Waals surface area contributed by atoms with E-state index in [0.29, 0.717) is 0 Å². The average Bonchev–Trinajstić information content (AvgIpc) is 2.66. The molecule has 3 nitrogen and oxygen atoms in total. The second-order valence-corrected chi connectivity index (χ2v) is 3.78. The summed E-state index contributed by atoms with van der Waals surface area (Å²) in [5.74, 6) is -0.619. The highest BCUT2D eigenvalue weighted by atomic mass is 32.1. The van der Waals surface area contributed by atoms with Gasteiger partial charge in [0.1, 0.15) is 0 Å². The average molecular weight is 253 g/mol. The van der Waals surface area contributed by atoms with Crippen molar-refractivity contribution in [3.05, 3.63) is 16.1 Å². The normalized spacial score (nSPS) is 12.8. The van der Waals surface area contributed by atoms with Crippen LogP contribution in [0.5, 0.6) is 0 Å². The zero-order chi connectivity index (χ0) is 12.1. The van der Waals surface area contributed by atoms with Gasteiger partial charge in [0.05, 0.1) is 12.3 Å². The molecule has 0 bridgehead atoms. The molecule has 1 unspecified atom stereocenters. The Balaban J connectivity index is 2.61. The van der Waals surface area contributed by atoms with Gasteiger partial charge in [0.25, 0.3) is 6.43 Å². The van der Waals surface area contributed by atoms with Crippen molar-refractivity contribution in [1.82, 2.24) is 4.98 Å². The molecular weight excluding hydrogens is 243 g/mol. The molecule has 1 rings (SSSR count). The number of esters is 1. The molecular formula is C9H10F3NO2S. The summed E-state index contributed by atoms with van der Waals surface area (Å²) in [5.41, 5.74) is 0.140. The summed E-state index contributed by atoms with van der Waals surface area (Å²) in [6.07, 6.45) is -5.78. The van der Waals surface area contributed by atoms with Gasteiger partial charge in [0, 0.05) is 11.8 Å². The molecule has 16 heavy (non-hydrogen) atoms. The fraction of sp³-hybridized carbons (Fsp3) is 0.556. The van der Waals surface area contributed by atoms with Crippen LogP contribution in [-0.4, -0.2) is 30.2 Å². The van der Waals surface area contributed by atoms with Crippen LogP contribution in [0.4, 0.5) is 13.2 Å². The minimum Gasteiger partial charge on any atom is -0.461 e. The smallest absolute Gasteiger partial charge is 0.367 e. The highest BCUT2D eigenvalue weighted by Crippen LogP contribution is 2.16. The van der Waals surface area contributed by atoms with Gasteiger partial charge in [-0.25, -0.2) is 22.9 Å². The number of rotatable bonds is 5. The van der Waals surface area contributed by atoms with E-state index in [-0.39, 0.29) is 17.3 Å². The summed E-state index contributed by atoms with van der Waals surface area (Å²) >= 11 is 0.954. The summed E-state index contributed by atoms with van der Waals surface area (Å²) in [5, 5.41) is 1.43. The first-order valence-corrected chi connectivity index (χ1v) is 5.46. The first kappa shape index (κ1) is 13.0. The van der Waals surface area contributed by atoms with Crippen LogP contribution in [0.15, 0.2) is 5.38 Å². The maximum absolute atomic E-state index is 12.7. The molecule has 0 aliphatic heterocycles. The maximum Gasteiger partial charge on any atom is 0.367 e. The molecule has 1 aromatic heterocycles. The monoisotopic (exact) mass is 253 g/mol. The van der Waals surface area contributed by atoms with Gasteiger partial charge in [-0.15, -0.1) is 11.3 Å². The lowest BCUT2D eigenvalue weighted by atomic mass is 10.2. The number of alkyl halides is 3. The zero-order valence-corrected chi connectivity index (χ0v) is 9.27. The Morgan fingerprint density at radius 2 is 2.25 bits per heavy atom. The molecule has 0 amide bonds. The number of thiazole rings is 1. The number of hydrogen-bond donors (Lipinski definition) is 0. The lowest BCUT2D eigenvalue weighted by Crippen LogP contribution is -2.15. The van der Waals surface area contributed by atoms with Crippen molar-refractivity contribution in [1.29, 1.82) is 0 Å². The summed E-state index contributed by atoms with van der Waals surface area (Å²) < 4.78 is 41.1. The Kier molecular flexibility index (Phi) is 4.72. The van der Waals surface area contributed by atoms with Crippen LogP contribution in [0.3, 0.4) is 0 Å². The van der Waals surface area contributed by atoms with E-state index in [1.54, 1.807) is 6.92 Å². The third kappa shape index (κ3) is 3.48. The summed E-state index contributed by atoms with van der Waals surface area (Å²) in [4.78, 5) is 14.9. The maximum atomic E-state index is 12.7. The summed E-state index contributed by atoms with van der Waals surface area (Å²) in [6.45, 7) is 1.84. The van der Waals surface area contributed by atoms with Gasteiger partial charge in [-0.3, -0.25) is 0 Å². The third-order valence-corrected chi connectivity index (χ3v) is 2.55. The minimum atomic E-state index is -3.03. The molecule has 1 heterocycles. The standard InChI is InChI=1S/C9H10F3NO2S/c1-2-15-9(14)8-13-5(4-16-8)3-6(10)7(11)12/h4,6-7H,2-3H2,1H3. The van der Waals surface area contributed by atoms with Crippen molar-refractivity contribution in [3.63, 3.8) is 0 Å². The van der Waals surface area contributed by atoms with Crippen molar-refractivity contribution in [2.24, 2.45) is 0 Å². The number of hydrogen-bond acceptors (Lipinski definition) is 4. The Morgan fingerprint density at radius 1 is 1.56 bits per heavy atom. The molecule has 0 saturated heterocycles. The lowest BCUT2D eigenvalue weighted by molar-refractivity contribution is 0.0496. The van der Waals surface area contributed by atoms with E-state index in [4.69, 9.17) is 0 Å². The number of halogens is 3. The van der Waals surface area contributed by atoms with Crippen LogP contribution in [-0.2, 0) is 11.2 Å². The number of ether oxygens (including phenoxy) is 1. The van der Waals surface area contributed by atoms with E-state index < -0.39 is 25.0 Å². The Hall–Kier alpha value is -1.11. The van der Waals surface area contributed by atoms with Gasteiger partial charge in [-0.05, 0) is 6.92 Å². The Morgan fingerprint density at radius 3 is 2.81 bits per heavy atom. The van der Waals surface area contributed by atoms with Crippen molar-refractivity contribution >= 4 is 17.3 Å². The Bertz CT molecular complexity index is 356. The first-order valence-electron chi connectivity index (χ1n) is 4.58. The third-order valence-electron chi connectivity index (χ3n) is 1.68. The summed E-state index contributed by atoms with van der Waals surface area (Å²) in [7, 11) is 0. The highest BCUT2D eigenvalue weighted by molar-refractivity contribution is 7.11. The van der Waals surface area contributed by atoms with Crippen LogP contribution in [0.25, 0.3) is 0 Å². The summed E-state index contributed by atoms with van der Waals surface area (Å²) in [6, 6.07) is 0. The molecule has 0 N–H and O–H groups in total. The topological polar surface area (TPSA) is 39.2 Å². The predicted octanol–water partition coefficient (Wildman–Crippen LogP) is 2.47. The zero-order valence-electron chi connectivity index (χ0n) is 8.45. The molecule has 90 valence electrons. The van der Waals surface area contributed by atoms with Gasteiger partial charge in [0.2, 0.25) is 5.01 Å². The lowest BCUT2D eigenvalue weighted by Gasteiger charge is -2.03. The molecule has 0 aliphatic carbocycles. The predicted molar refractivity (Wildman–Crippen MR) is 52.7 cm³/mol. The van der Waals surface area contributed by atoms with Crippen LogP contribution in [0.2, 0.25) is 0 Å². The van der Waals surface area contributed by atoms with Gasteiger partial charge in [0.15, 0.2) is 6.17 Å². The van der Waals surface area contributed by atoms with E-state index in [0.717, 1.165) is 11.3 Å². The second kappa shape index (κ2) is 5.83. The molecule has 0 saturated carbocycles. The molecule has 0 aromatic carbocycles. The van der Waals surface area contributed by atoms with Crippen LogP contribution >= 0.6 is 11.3 Å². The van der Waals surface area contributed by atoms with E-state index >= 15 is 0 Å². The molecule has 1 aromatic rings. The van der Waals surface area contributed by atoms with Crippen LogP contribution in [0.1, 0.15) is 22.4 Å². The van der Waals surface area contributed by atoms with Crippen molar-refractivity contribution in [3.8, 4) is 0 Å². The number of nitrogens with zero attached hydrogens (tertiary/aromatic N) is 1. The minimum absolute atomic E-state index is 0.0540. The van der Waals surface area contributed by atoms with Crippen LogP contribution < -0.4 is 0 Å². The van der Waals surface area contributed by atoms with Crippen molar-refractivity contribution in [2.45, 2.75) is 25.9 Å². The van der Waals surface area contributed by atoms with Gasteiger partial charge < -0.3 is 4.74 Å². The van der Waals surface area contributed by atoms with Gasteiger partial charge in [-0.1, -0.05) is 0 Å².